The highest BCUT2D eigenvalue weighted by Gasteiger charge is 2.42. The Labute approximate surface area is 327 Å². The van der Waals surface area contributed by atoms with Gasteiger partial charge in [0.25, 0.3) is 0 Å². The van der Waals surface area contributed by atoms with Crippen LogP contribution in [0.3, 0.4) is 0 Å². The van der Waals surface area contributed by atoms with Crippen molar-refractivity contribution in [2.24, 2.45) is 17.8 Å². The van der Waals surface area contributed by atoms with Crippen LogP contribution in [-0.4, -0.2) is 113 Å². The third kappa shape index (κ3) is 9.96. The van der Waals surface area contributed by atoms with E-state index in [9.17, 15) is 19.2 Å². The van der Waals surface area contributed by atoms with Gasteiger partial charge in [0.1, 0.15) is 29.1 Å². The topological polar surface area (TPSA) is 181 Å². The molecule has 0 saturated carbocycles. The lowest BCUT2D eigenvalue weighted by Gasteiger charge is -2.30. The molecular formula is C41H51N7O8. The zero-order chi connectivity index (χ0) is 40.5. The number of amides is 3. The number of nitrogens with one attached hydrogen (secondary N) is 3. The maximum absolute atomic E-state index is 13.7. The van der Waals surface area contributed by atoms with E-state index < -0.39 is 36.2 Å². The number of nitrogens with zero attached hydrogens (tertiary/aromatic N) is 4. The Hall–Kier alpha value is -5.64. The summed E-state index contributed by atoms with van der Waals surface area (Å²) in [5.41, 5.74) is 2.77. The number of aromatic amines is 2. The number of esters is 1. The quantitative estimate of drug-likeness (QED) is 0.192. The third-order valence-electron chi connectivity index (χ3n) is 10.4. The third-order valence-corrected chi connectivity index (χ3v) is 10.4. The summed E-state index contributed by atoms with van der Waals surface area (Å²) in [6, 6.07) is 6.00. The van der Waals surface area contributed by atoms with E-state index in [4.69, 9.17) is 18.9 Å². The van der Waals surface area contributed by atoms with Crippen molar-refractivity contribution in [3.8, 4) is 23.7 Å². The van der Waals surface area contributed by atoms with Crippen LogP contribution in [0.1, 0.15) is 93.2 Å². The zero-order valence-corrected chi connectivity index (χ0v) is 33.2. The van der Waals surface area contributed by atoms with Gasteiger partial charge >= 0.3 is 12.1 Å². The lowest BCUT2D eigenvalue weighted by molar-refractivity contribution is -0.151. The van der Waals surface area contributed by atoms with E-state index in [1.807, 2.05) is 24.3 Å². The van der Waals surface area contributed by atoms with Gasteiger partial charge in [-0.15, -0.1) is 0 Å². The Morgan fingerprint density at radius 2 is 1.23 bits per heavy atom. The van der Waals surface area contributed by atoms with Crippen LogP contribution < -0.4 is 5.32 Å². The van der Waals surface area contributed by atoms with Crippen molar-refractivity contribution in [2.75, 3.05) is 41.5 Å². The monoisotopic (exact) mass is 769 g/mol. The Bertz CT molecular complexity index is 1850. The molecule has 0 spiro atoms. The number of aromatic nitrogens is 4. The molecular weight excluding hydrogens is 718 g/mol. The average molecular weight is 770 g/mol. The van der Waals surface area contributed by atoms with Gasteiger partial charge in [-0.25, -0.2) is 14.8 Å². The Morgan fingerprint density at radius 1 is 0.750 bits per heavy atom. The number of methoxy groups -OCH3 is 4. The van der Waals surface area contributed by atoms with Crippen molar-refractivity contribution in [3.05, 3.63) is 70.8 Å². The number of benzene rings is 1. The Kier molecular flexibility index (Phi) is 13.9. The van der Waals surface area contributed by atoms with Crippen molar-refractivity contribution < 1.29 is 38.1 Å². The van der Waals surface area contributed by atoms with Crippen LogP contribution in [0, 0.1) is 41.4 Å². The molecule has 15 heteroatoms. The predicted molar refractivity (Wildman–Crippen MR) is 204 cm³/mol. The molecule has 2 aromatic heterocycles. The summed E-state index contributed by atoms with van der Waals surface area (Å²) < 4.78 is 20.4. The van der Waals surface area contributed by atoms with Crippen molar-refractivity contribution in [2.45, 2.75) is 77.3 Å². The standard InChI is InChI=1S/C41H51N7O8/c1-24-17-33(47(22-24)39(50)32(26(3)53-5)19-35(49)55-7)37-42-20-30(44-37)15-13-28-9-11-29(12-10-28)14-16-31-21-43-38(45-31)34-18-25(2)23-48(34)40(51)36(27(4)54-6)46-41(52)56-8/h9-12,20-21,24-27,32-34,36H,17-19,22-23H2,1-8H3,(H,42,44)(H,43,45)(H,46,52)/t24-,25-,26+,27+,32-,33-,34-,36-/m0/s1. The molecule has 4 heterocycles. The minimum Gasteiger partial charge on any atom is -0.469 e. The smallest absolute Gasteiger partial charge is 0.407 e. The van der Waals surface area contributed by atoms with Crippen molar-refractivity contribution >= 4 is 23.9 Å². The summed E-state index contributed by atoms with van der Waals surface area (Å²) in [6.07, 6.45) is 2.92. The fourth-order valence-corrected chi connectivity index (χ4v) is 7.13. The molecule has 2 aliphatic heterocycles. The molecule has 0 radical (unpaired) electrons. The number of carbonyl (C=O) groups excluding carboxylic acids is 4. The maximum atomic E-state index is 13.7. The van der Waals surface area contributed by atoms with E-state index in [1.54, 1.807) is 36.0 Å². The first-order valence-electron chi connectivity index (χ1n) is 18.7. The molecule has 0 unspecified atom stereocenters. The second-order valence-electron chi connectivity index (χ2n) is 14.5. The number of likely N-dealkylation sites (tertiary alicyclic amines) is 2. The highest BCUT2D eigenvalue weighted by molar-refractivity contribution is 5.87. The number of ether oxygens (including phenoxy) is 4. The number of imidazole rings is 2. The number of hydrogen-bond donors (Lipinski definition) is 3. The van der Waals surface area contributed by atoms with Crippen LogP contribution in [0.15, 0.2) is 36.7 Å². The first-order chi connectivity index (χ1) is 26.8. The molecule has 0 aliphatic carbocycles. The molecule has 3 N–H and O–H groups in total. The molecule has 2 aliphatic rings. The lowest BCUT2D eigenvalue weighted by Crippen LogP contribution is -2.54. The summed E-state index contributed by atoms with van der Waals surface area (Å²) in [6.45, 7) is 8.70. The van der Waals surface area contributed by atoms with E-state index in [0.717, 1.165) is 17.5 Å². The molecule has 8 atom stereocenters. The number of H-pyrrole nitrogens is 2. The van der Waals surface area contributed by atoms with Crippen molar-refractivity contribution in [1.29, 1.82) is 0 Å². The van der Waals surface area contributed by atoms with Crippen LogP contribution in [-0.2, 0) is 33.3 Å². The highest BCUT2D eigenvalue weighted by Crippen LogP contribution is 2.37. The highest BCUT2D eigenvalue weighted by atomic mass is 16.5. The van der Waals surface area contributed by atoms with Gasteiger partial charge in [0.2, 0.25) is 11.8 Å². The first-order valence-corrected chi connectivity index (χ1v) is 18.7. The number of rotatable bonds is 11. The average Bonchev–Trinajstić information content (AvgIpc) is 4.03. The van der Waals surface area contributed by atoms with E-state index in [1.165, 1.54) is 28.4 Å². The Balaban J connectivity index is 1.23. The van der Waals surface area contributed by atoms with Gasteiger partial charge in [-0.2, -0.15) is 0 Å². The summed E-state index contributed by atoms with van der Waals surface area (Å²) >= 11 is 0. The second-order valence-corrected chi connectivity index (χ2v) is 14.5. The molecule has 2 fully saturated rings. The molecule has 1 aromatic carbocycles. The number of carbonyl (C=O) groups is 4. The van der Waals surface area contributed by atoms with Crippen LogP contribution >= 0.6 is 0 Å². The largest absolute Gasteiger partial charge is 0.469 e. The van der Waals surface area contributed by atoms with Crippen LogP contribution in [0.2, 0.25) is 0 Å². The van der Waals surface area contributed by atoms with Gasteiger partial charge in [-0.3, -0.25) is 14.4 Å². The molecule has 5 rings (SSSR count). The molecule has 56 heavy (non-hydrogen) atoms. The fraction of sp³-hybridized carbons (Fsp3) is 0.512. The van der Waals surface area contributed by atoms with Gasteiger partial charge in [-0.1, -0.05) is 25.7 Å². The lowest BCUT2D eigenvalue weighted by atomic mass is 9.97. The van der Waals surface area contributed by atoms with Gasteiger partial charge in [0.15, 0.2) is 0 Å². The molecule has 15 nitrogen and oxygen atoms in total. The number of hydrogen-bond acceptors (Lipinski definition) is 10. The summed E-state index contributed by atoms with van der Waals surface area (Å²) in [7, 11) is 5.56. The minimum atomic E-state index is -0.923. The zero-order valence-electron chi connectivity index (χ0n) is 33.2. The molecule has 2 saturated heterocycles. The molecule has 298 valence electrons. The van der Waals surface area contributed by atoms with Crippen molar-refractivity contribution in [1.82, 2.24) is 35.1 Å². The fourth-order valence-electron chi connectivity index (χ4n) is 7.13. The van der Waals surface area contributed by atoms with Crippen LogP contribution in [0.4, 0.5) is 4.79 Å². The normalized spacial score (nSPS) is 21.1. The van der Waals surface area contributed by atoms with Gasteiger partial charge in [-0.05, 0) is 74.6 Å². The van der Waals surface area contributed by atoms with Crippen molar-refractivity contribution in [3.63, 3.8) is 0 Å². The van der Waals surface area contributed by atoms with Gasteiger partial charge in [0.05, 0.1) is 63.2 Å². The van der Waals surface area contributed by atoms with Gasteiger partial charge in [0, 0.05) is 38.4 Å². The SMILES string of the molecule is COC(=O)C[C@H](C(=O)N1C[C@@H](C)C[C@H]1c1ncc(C#Cc2ccc(C#Cc3cnc([C@@H]4C[C@H](C)CN4C(=O)[C@@H](NC(=O)OC)[C@@H](C)OC)[nH]3)cc2)[nH]1)[C@@H](C)OC. The molecule has 3 amide bonds. The predicted octanol–water partition coefficient (Wildman–Crippen LogP) is 3.73. The number of alkyl carbamates (subject to hydrolysis) is 1. The van der Waals surface area contributed by atoms with E-state index >= 15 is 0 Å². The summed E-state index contributed by atoms with van der Waals surface area (Å²) in [5, 5.41) is 2.61. The minimum absolute atomic E-state index is 0.0664. The van der Waals surface area contributed by atoms with E-state index in [2.05, 4.69) is 62.8 Å². The van der Waals surface area contributed by atoms with Crippen LogP contribution in [0.25, 0.3) is 0 Å². The molecule has 0 bridgehead atoms. The van der Waals surface area contributed by atoms with E-state index in [0.29, 0.717) is 42.5 Å². The maximum Gasteiger partial charge on any atom is 0.407 e. The van der Waals surface area contributed by atoms with Crippen LogP contribution in [0.5, 0.6) is 0 Å². The van der Waals surface area contributed by atoms with Gasteiger partial charge < -0.3 is 44.0 Å². The first kappa shape index (κ1) is 41.5. The Morgan fingerprint density at radius 3 is 1.68 bits per heavy atom. The summed E-state index contributed by atoms with van der Waals surface area (Å²) in [5.74, 6) is 12.7. The molecule has 3 aromatic rings. The van der Waals surface area contributed by atoms with E-state index in [-0.39, 0.29) is 42.2 Å². The summed E-state index contributed by atoms with van der Waals surface area (Å²) in [4.78, 5) is 70.7. The second kappa shape index (κ2) is 18.8.